The fourth-order valence-corrected chi connectivity index (χ4v) is 6.01. The average molecular weight is 177 g/mol. The Labute approximate surface area is 77.9 Å². The van der Waals surface area contributed by atoms with E-state index in [9.17, 15) is 5.11 Å². The standard InChI is InChI=1S/C11H15NO/c1-12-7-2-5(13)3-11(7)8-6-4-10(6,8)9(11)12/h5-9,13H,2-4H2,1H3/t5-,6?,7?,8?,9?,10?,11?/m0/s1. The molecule has 1 heterocycles. The highest BCUT2D eigenvalue weighted by Crippen LogP contribution is 3.01. The number of aliphatic hydroxyl groups excluding tert-OH is 1. The Morgan fingerprint density at radius 1 is 1.31 bits per heavy atom. The summed E-state index contributed by atoms with van der Waals surface area (Å²) in [6.45, 7) is 0. The van der Waals surface area contributed by atoms with Crippen LogP contribution in [0.4, 0.5) is 0 Å². The fourth-order valence-electron chi connectivity index (χ4n) is 6.01. The van der Waals surface area contributed by atoms with Crippen LogP contribution in [0.15, 0.2) is 0 Å². The van der Waals surface area contributed by atoms with E-state index < -0.39 is 0 Å². The van der Waals surface area contributed by atoms with Gasteiger partial charge in [0.2, 0.25) is 0 Å². The van der Waals surface area contributed by atoms with Gasteiger partial charge in [0.15, 0.2) is 0 Å². The minimum absolute atomic E-state index is 0.0230. The first-order valence-electron chi connectivity index (χ1n) is 5.63. The third kappa shape index (κ3) is 0.350. The molecule has 13 heavy (non-hydrogen) atoms. The summed E-state index contributed by atoms with van der Waals surface area (Å²) in [5.74, 6) is 2.18. The van der Waals surface area contributed by atoms with E-state index in [4.69, 9.17) is 0 Å². The Morgan fingerprint density at radius 2 is 2.15 bits per heavy atom. The van der Waals surface area contributed by atoms with Gasteiger partial charge in [-0.25, -0.2) is 0 Å². The number of piperidine rings is 1. The molecule has 4 aliphatic carbocycles. The van der Waals surface area contributed by atoms with Gasteiger partial charge in [0.1, 0.15) is 0 Å². The topological polar surface area (TPSA) is 23.5 Å². The maximum atomic E-state index is 9.75. The molecule has 0 bridgehead atoms. The molecule has 2 spiro atoms. The molecule has 2 nitrogen and oxygen atoms in total. The van der Waals surface area contributed by atoms with Crippen LogP contribution in [-0.4, -0.2) is 35.2 Å². The van der Waals surface area contributed by atoms with Crippen LogP contribution in [-0.2, 0) is 0 Å². The monoisotopic (exact) mass is 177 g/mol. The van der Waals surface area contributed by atoms with Gasteiger partial charge in [-0.15, -0.1) is 0 Å². The first-order chi connectivity index (χ1) is 6.23. The zero-order valence-electron chi connectivity index (χ0n) is 7.90. The van der Waals surface area contributed by atoms with Gasteiger partial charge in [-0.05, 0) is 43.6 Å². The van der Waals surface area contributed by atoms with E-state index in [1.807, 2.05) is 0 Å². The molecule has 5 fully saturated rings. The van der Waals surface area contributed by atoms with Crippen molar-refractivity contribution in [2.45, 2.75) is 37.5 Å². The molecule has 1 N–H and O–H groups in total. The van der Waals surface area contributed by atoms with Crippen molar-refractivity contribution in [3.63, 3.8) is 0 Å². The van der Waals surface area contributed by atoms with Gasteiger partial charge < -0.3 is 5.11 Å². The lowest BCUT2D eigenvalue weighted by Gasteiger charge is -2.70. The molecule has 7 atom stereocenters. The minimum Gasteiger partial charge on any atom is -0.393 e. The highest BCUT2D eigenvalue weighted by Gasteiger charge is 3.01. The van der Waals surface area contributed by atoms with E-state index in [2.05, 4.69) is 11.9 Å². The van der Waals surface area contributed by atoms with Crippen LogP contribution in [0.25, 0.3) is 0 Å². The molecule has 0 aromatic rings. The van der Waals surface area contributed by atoms with Crippen molar-refractivity contribution in [3.8, 4) is 0 Å². The van der Waals surface area contributed by atoms with E-state index in [1.165, 1.54) is 6.42 Å². The second-order valence-corrected chi connectivity index (χ2v) is 6.19. The number of rotatable bonds is 0. The lowest BCUT2D eigenvalue weighted by atomic mass is 9.48. The quantitative estimate of drug-likeness (QED) is 0.581. The van der Waals surface area contributed by atoms with E-state index >= 15 is 0 Å². The van der Waals surface area contributed by atoms with Gasteiger partial charge in [-0.1, -0.05) is 0 Å². The number of hydrogen-bond acceptors (Lipinski definition) is 2. The van der Waals surface area contributed by atoms with Crippen LogP contribution in [0.5, 0.6) is 0 Å². The number of hydrogen-bond donors (Lipinski definition) is 1. The maximum absolute atomic E-state index is 9.75. The molecular weight excluding hydrogens is 162 g/mol. The number of aliphatic hydroxyl groups is 1. The van der Waals surface area contributed by atoms with Gasteiger partial charge in [0, 0.05) is 17.5 Å². The van der Waals surface area contributed by atoms with Crippen LogP contribution >= 0.6 is 0 Å². The average Bonchev–Trinajstić information content (AvgIpc) is 2.83. The molecule has 0 radical (unpaired) electrons. The molecule has 70 valence electrons. The molecule has 1 saturated heterocycles. The summed E-state index contributed by atoms with van der Waals surface area (Å²) in [6, 6.07) is 1.66. The summed E-state index contributed by atoms with van der Waals surface area (Å²) >= 11 is 0. The molecular formula is C11H15NO. The lowest BCUT2D eigenvalue weighted by molar-refractivity contribution is -0.221. The summed E-state index contributed by atoms with van der Waals surface area (Å²) < 4.78 is 0. The lowest BCUT2D eigenvalue weighted by Crippen LogP contribution is -2.78. The van der Waals surface area contributed by atoms with Crippen LogP contribution in [0.2, 0.25) is 0 Å². The predicted molar refractivity (Wildman–Crippen MR) is 47.0 cm³/mol. The Morgan fingerprint density at radius 3 is 2.92 bits per heavy atom. The van der Waals surface area contributed by atoms with Crippen molar-refractivity contribution in [2.75, 3.05) is 7.05 Å². The maximum Gasteiger partial charge on any atom is 0.0562 e. The second kappa shape index (κ2) is 1.31. The summed E-state index contributed by atoms with van der Waals surface area (Å²) in [5, 5.41) is 9.75. The van der Waals surface area contributed by atoms with Crippen LogP contribution < -0.4 is 0 Å². The number of nitrogens with zero attached hydrogens (tertiary/aromatic N) is 1. The summed E-state index contributed by atoms with van der Waals surface area (Å²) in [5.41, 5.74) is 1.46. The van der Waals surface area contributed by atoms with Crippen LogP contribution in [0, 0.1) is 22.7 Å². The Bertz CT molecular complexity index is 343. The molecule has 2 heteroatoms. The van der Waals surface area contributed by atoms with Crippen molar-refractivity contribution in [1.82, 2.24) is 4.90 Å². The molecule has 0 aromatic heterocycles. The van der Waals surface area contributed by atoms with Gasteiger partial charge in [0.05, 0.1) is 6.10 Å². The Kier molecular flexibility index (Phi) is 0.647. The number of fused-ring (bicyclic) bond motifs is 1. The van der Waals surface area contributed by atoms with Crippen LogP contribution in [0.1, 0.15) is 19.3 Å². The van der Waals surface area contributed by atoms with Crippen LogP contribution in [0.3, 0.4) is 0 Å². The minimum atomic E-state index is 0.0230. The molecule has 1 aliphatic heterocycles. The summed E-state index contributed by atoms with van der Waals surface area (Å²) in [4.78, 5) is 2.58. The highest BCUT2D eigenvalue weighted by atomic mass is 16.3. The zero-order valence-corrected chi connectivity index (χ0v) is 7.90. The molecule has 0 amide bonds. The van der Waals surface area contributed by atoms with Crippen molar-refractivity contribution in [1.29, 1.82) is 0 Å². The van der Waals surface area contributed by atoms with Crippen molar-refractivity contribution in [2.24, 2.45) is 22.7 Å². The van der Waals surface area contributed by atoms with E-state index in [-0.39, 0.29) is 6.10 Å². The Balaban J connectivity index is 1.65. The van der Waals surface area contributed by atoms with E-state index in [0.717, 1.165) is 42.2 Å². The third-order valence-corrected chi connectivity index (χ3v) is 6.18. The first kappa shape index (κ1) is 6.41. The first-order valence-corrected chi connectivity index (χ1v) is 5.63. The molecule has 0 aromatic carbocycles. The molecule has 6 unspecified atom stereocenters. The SMILES string of the molecule is CN1C2C[C@H](O)CC23C2C4CC42C13. The van der Waals surface area contributed by atoms with Gasteiger partial charge in [-0.3, -0.25) is 4.90 Å². The summed E-state index contributed by atoms with van der Waals surface area (Å²) in [6.07, 6.45) is 3.74. The third-order valence-electron chi connectivity index (χ3n) is 6.18. The van der Waals surface area contributed by atoms with Gasteiger partial charge in [-0.2, -0.15) is 0 Å². The fraction of sp³-hybridized carbons (Fsp3) is 1.00. The summed E-state index contributed by atoms with van der Waals surface area (Å²) in [7, 11) is 2.28. The molecule has 4 saturated carbocycles. The van der Waals surface area contributed by atoms with E-state index in [0.29, 0.717) is 5.41 Å². The normalized spacial score (nSPS) is 81.2. The van der Waals surface area contributed by atoms with Crippen molar-refractivity contribution >= 4 is 0 Å². The molecule has 5 rings (SSSR count). The van der Waals surface area contributed by atoms with Gasteiger partial charge >= 0.3 is 0 Å². The highest BCUT2D eigenvalue weighted by molar-refractivity contribution is 5.51. The number of likely N-dealkylation sites (tertiary alicyclic amines) is 1. The molecule has 5 aliphatic rings. The van der Waals surface area contributed by atoms with Gasteiger partial charge in [0.25, 0.3) is 0 Å². The Hall–Kier alpha value is -0.0800. The largest absolute Gasteiger partial charge is 0.393 e. The smallest absolute Gasteiger partial charge is 0.0562 e. The second-order valence-electron chi connectivity index (χ2n) is 6.19. The predicted octanol–water partition coefficient (Wildman–Crippen LogP) is 0.460. The van der Waals surface area contributed by atoms with Crippen molar-refractivity contribution < 1.29 is 5.11 Å². The van der Waals surface area contributed by atoms with E-state index in [1.54, 1.807) is 0 Å². The van der Waals surface area contributed by atoms with Crippen molar-refractivity contribution in [3.05, 3.63) is 0 Å². The zero-order chi connectivity index (χ0) is 8.59.